The zero-order valence-electron chi connectivity index (χ0n) is 11.4. The van der Waals surface area contributed by atoms with Gasteiger partial charge in [-0.05, 0) is 43.7 Å². The quantitative estimate of drug-likeness (QED) is 0.925. The summed E-state index contributed by atoms with van der Waals surface area (Å²) in [5, 5.41) is 3.32. The molecule has 1 N–H and O–H groups in total. The molecule has 0 unspecified atom stereocenters. The van der Waals surface area contributed by atoms with Crippen LogP contribution in [-0.4, -0.2) is 12.5 Å². The Balaban J connectivity index is 1.92. The molecule has 0 atom stereocenters. The Morgan fingerprint density at radius 3 is 2.70 bits per heavy atom. The lowest BCUT2D eigenvalue weighted by atomic mass is 10.1. The van der Waals surface area contributed by atoms with Gasteiger partial charge in [0.05, 0.1) is 0 Å². The van der Waals surface area contributed by atoms with E-state index in [0.717, 1.165) is 11.3 Å². The first-order valence-corrected chi connectivity index (χ1v) is 6.68. The Bertz CT molecular complexity index is 626. The van der Waals surface area contributed by atoms with Gasteiger partial charge in [0.1, 0.15) is 5.75 Å². The van der Waals surface area contributed by atoms with Crippen LogP contribution in [0.4, 0.5) is 5.69 Å². The number of anilines is 1. The zero-order valence-corrected chi connectivity index (χ0v) is 12.2. The van der Waals surface area contributed by atoms with Crippen LogP contribution in [0.2, 0.25) is 5.02 Å². The molecule has 0 bridgehead atoms. The van der Waals surface area contributed by atoms with Gasteiger partial charge in [-0.2, -0.15) is 0 Å². The van der Waals surface area contributed by atoms with Gasteiger partial charge in [-0.1, -0.05) is 35.4 Å². The molecular formula is C16H16ClNO2. The van der Waals surface area contributed by atoms with Crippen LogP contribution in [-0.2, 0) is 4.79 Å². The van der Waals surface area contributed by atoms with Crippen molar-refractivity contribution in [2.45, 2.75) is 13.8 Å². The van der Waals surface area contributed by atoms with Crippen LogP contribution in [0, 0.1) is 13.8 Å². The summed E-state index contributed by atoms with van der Waals surface area (Å²) < 4.78 is 5.51. The van der Waals surface area contributed by atoms with E-state index in [0.29, 0.717) is 10.7 Å². The number of amides is 1. The number of rotatable bonds is 4. The number of ether oxygens (including phenoxy) is 1. The van der Waals surface area contributed by atoms with Gasteiger partial charge in [0.15, 0.2) is 6.61 Å². The average Bonchev–Trinajstić information content (AvgIpc) is 2.37. The van der Waals surface area contributed by atoms with Crippen molar-refractivity contribution in [2.24, 2.45) is 0 Å². The minimum atomic E-state index is -0.216. The van der Waals surface area contributed by atoms with Gasteiger partial charge >= 0.3 is 0 Å². The van der Waals surface area contributed by atoms with E-state index in [1.54, 1.807) is 24.3 Å². The predicted molar refractivity (Wildman–Crippen MR) is 81.5 cm³/mol. The van der Waals surface area contributed by atoms with Crippen molar-refractivity contribution in [1.82, 2.24) is 0 Å². The minimum Gasteiger partial charge on any atom is -0.483 e. The molecule has 0 radical (unpaired) electrons. The summed E-state index contributed by atoms with van der Waals surface area (Å²) >= 11 is 5.85. The highest BCUT2D eigenvalue weighted by Gasteiger charge is 2.06. The van der Waals surface area contributed by atoms with Crippen LogP contribution >= 0.6 is 11.6 Å². The van der Waals surface area contributed by atoms with E-state index in [2.05, 4.69) is 5.32 Å². The maximum absolute atomic E-state index is 11.8. The van der Waals surface area contributed by atoms with Gasteiger partial charge in [0.2, 0.25) is 0 Å². The molecule has 0 saturated heterocycles. The lowest BCUT2D eigenvalue weighted by Gasteiger charge is -2.10. The van der Waals surface area contributed by atoms with Crippen LogP contribution in [0.1, 0.15) is 11.1 Å². The smallest absolute Gasteiger partial charge is 0.262 e. The van der Waals surface area contributed by atoms with Crippen molar-refractivity contribution in [3.8, 4) is 5.75 Å². The van der Waals surface area contributed by atoms with Crippen molar-refractivity contribution >= 4 is 23.2 Å². The van der Waals surface area contributed by atoms with E-state index in [1.807, 2.05) is 32.0 Å². The minimum absolute atomic E-state index is 0.0313. The van der Waals surface area contributed by atoms with Crippen molar-refractivity contribution in [2.75, 3.05) is 11.9 Å². The topological polar surface area (TPSA) is 38.3 Å². The lowest BCUT2D eigenvalue weighted by Crippen LogP contribution is -2.20. The lowest BCUT2D eigenvalue weighted by molar-refractivity contribution is -0.118. The van der Waals surface area contributed by atoms with Gasteiger partial charge in [-0.15, -0.1) is 0 Å². The third-order valence-electron chi connectivity index (χ3n) is 2.80. The second-order valence-electron chi connectivity index (χ2n) is 4.62. The fourth-order valence-electron chi connectivity index (χ4n) is 1.87. The SMILES string of the molecule is Cc1ccc(OCC(=O)Nc2cccc(Cl)c2)c(C)c1. The van der Waals surface area contributed by atoms with E-state index in [1.165, 1.54) is 5.56 Å². The number of carbonyl (C=O) groups is 1. The first-order valence-electron chi connectivity index (χ1n) is 6.30. The summed E-state index contributed by atoms with van der Waals surface area (Å²) in [5.74, 6) is 0.504. The Kier molecular flexibility index (Phi) is 4.64. The highest BCUT2D eigenvalue weighted by molar-refractivity contribution is 6.30. The maximum Gasteiger partial charge on any atom is 0.262 e. The summed E-state index contributed by atoms with van der Waals surface area (Å²) in [5.41, 5.74) is 2.84. The van der Waals surface area contributed by atoms with Gasteiger partial charge in [-0.3, -0.25) is 4.79 Å². The van der Waals surface area contributed by atoms with Gasteiger partial charge in [-0.25, -0.2) is 0 Å². The molecule has 2 rings (SSSR count). The number of hydrogen-bond donors (Lipinski definition) is 1. The molecule has 2 aromatic rings. The number of halogens is 1. The van der Waals surface area contributed by atoms with Gasteiger partial charge in [0.25, 0.3) is 5.91 Å². The van der Waals surface area contributed by atoms with E-state index in [4.69, 9.17) is 16.3 Å². The van der Waals surface area contributed by atoms with Crippen molar-refractivity contribution in [3.63, 3.8) is 0 Å². The van der Waals surface area contributed by atoms with E-state index in [-0.39, 0.29) is 12.5 Å². The second kappa shape index (κ2) is 6.44. The maximum atomic E-state index is 11.8. The van der Waals surface area contributed by atoms with Crippen LogP contribution in [0.15, 0.2) is 42.5 Å². The summed E-state index contributed by atoms with van der Waals surface area (Å²) in [4.78, 5) is 11.8. The van der Waals surface area contributed by atoms with E-state index >= 15 is 0 Å². The molecule has 20 heavy (non-hydrogen) atoms. The highest BCUT2D eigenvalue weighted by atomic mass is 35.5. The van der Waals surface area contributed by atoms with Gasteiger partial charge in [0, 0.05) is 10.7 Å². The fraction of sp³-hybridized carbons (Fsp3) is 0.188. The molecule has 104 valence electrons. The van der Waals surface area contributed by atoms with Crippen LogP contribution in [0.5, 0.6) is 5.75 Å². The van der Waals surface area contributed by atoms with Crippen LogP contribution in [0.25, 0.3) is 0 Å². The Morgan fingerprint density at radius 1 is 1.20 bits per heavy atom. The van der Waals surface area contributed by atoms with Crippen molar-refractivity contribution in [1.29, 1.82) is 0 Å². The molecule has 0 saturated carbocycles. The highest BCUT2D eigenvalue weighted by Crippen LogP contribution is 2.19. The number of nitrogens with one attached hydrogen (secondary N) is 1. The molecule has 0 aromatic heterocycles. The molecule has 0 aliphatic carbocycles. The van der Waals surface area contributed by atoms with Gasteiger partial charge < -0.3 is 10.1 Å². The van der Waals surface area contributed by atoms with E-state index in [9.17, 15) is 4.79 Å². The largest absolute Gasteiger partial charge is 0.483 e. The zero-order chi connectivity index (χ0) is 14.5. The Morgan fingerprint density at radius 2 is 2.00 bits per heavy atom. The van der Waals surface area contributed by atoms with Crippen molar-refractivity contribution in [3.05, 3.63) is 58.6 Å². The van der Waals surface area contributed by atoms with Crippen molar-refractivity contribution < 1.29 is 9.53 Å². The molecule has 4 heteroatoms. The number of carbonyl (C=O) groups excluding carboxylic acids is 1. The molecule has 2 aromatic carbocycles. The second-order valence-corrected chi connectivity index (χ2v) is 5.05. The number of benzene rings is 2. The summed E-state index contributed by atoms with van der Waals surface area (Å²) in [6, 6.07) is 12.8. The summed E-state index contributed by atoms with van der Waals surface area (Å²) in [6.45, 7) is 3.94. The molecular weight excluding hydrogens is 274 g/mol. The monoisotopic (exact) mass is 289 g/mol. The van der Waals surface area contributed by atoms with Crippen LogP contribution < -0.4 is 10.1 Å². The summed E-state index contributed by atoms with van der Waals surface area (Å²) in [6.07, 6.45) is 0. The first kappa shape index (κ1) is 14.4. The fourth-order valence-corrected chi connectivity index (χ4v) is 2.06. The third kappa shape index (κ3) is 4.00. The standard InChI is InChI=1S/C16H16ClNO2/c1-11-6-7-15(12(2)8-11)20-10-16(19)18-14-5-3-4-13(17)9-14/h3-9H,10H2,1-2H3,(H,18,19). The molecule has 0 aliphatic rings. The average molecular weight is 290 g/mol. The normalized spacial score (nSPS) is 10.2. The number of aryl methyl sites for hydroxylation is 2. The molecule has 0 spiro atoms. The summed E-state index contributed by atoms with van der Waals surface area (Å²) in [7, 11) is 0. The predicted octanol–water partition coefficient (Wildman–Crippen LogP) is 3.97. The molecule has 0 heterocycles. The van der Waals surface area contributed by atoms with E-state index < -0.39 is 0 Å². The first-order chi connectivity index (χ1) is 9.54. The third-order valence-corrected chi connectivity index (χ3v) is 3.03. The molecule has 0 aliphatic heterocycles. The molecule has 1 amide bonds. The Hall–Kier alpha value is -2.00. The molecule has 3 nitrogen and oxygen atoms in total. The van der Waals surface area contributed by atoms with Crippen LogP contribution in [0.3, 0.4) is 0 Å². The Labute approximate surface area is 123 Å². The number of hydrogen-bond acceptors (Lipinski definition) is 2. The molecule has 0 fully saturated rings.